The highest BCUT2D eigenvalue weighted by Crippen LogP contribution is 2.35. The molecule has 0 radical (unpaired) electrons. The van der Waals surface area contributed by atoms with Gasteiger partial charge in [-0.15, -0.1) is 0 Å². The molecule has 1 fully saturated rings. The predicted octanol–water partition coefficient (Wildman–Crippen LogP) is 6.13. The van der Waals surface area contributed by atoms with Crippen LogP contribution >= 0.6 is 0 Å². The third kappa shape index (κ3) is 9.07. The van der Waals surface area contributed by atoms with Gasteiger partial charge in [-0.1, -0.05) is 63.3 Å². The summed E-state index contributed by atoms with van der Waals surface area (Å²) in [5, 5.41) is 8.61. The van der Waals surface area contributed by atoms with E-state index in [-0.39, 0.29) is 6.42 Å². The third-order valence-corrected chi connectivity index (χ3v) is 4.71. The fourth-order valence-corrected chi connectivity index (χ4v) is 3.34. The average Bonchev–Trinajstić information content (AvgIpc) is 2.93. The van der Waals surface area contributed by atoms with Crippen molar-refractivity contribution >= 4 is 5.97 Å². The van der Waals surface area contributed by atoms with Crippen LogP contribution in [0.3, 0.4) is 0 Å². The molecule has 0 spiro atoms. The van der Waals surface area contributed by atoms with Crippen molar-refractivity contribution in [3.05, 3.63) is 24.3 Å². The van der Waals surface area contributed by atoms with Crippen LogP contribution in [-0.4, -0.2) is 11.1 Å². The van der Waals surface area contributed by atoms with E-state index in [0.29, 0.717) is 6.42 Å². The minimum atomic E-state index is -0.703. The van der Waals surface area contributed by atoms with Crippen LogP contribution in [0.1, 0.15) is 84.0 Å². The zero-order valence-corrected chi connectivity index (χ0v) is 14.3. The molecular weight excluding hydrogens is 272 g/mol. The van der Waals surface area contributed by atoms with E-state index in [4.69, 9.17) is 5.11 Å². The summed E-state index contributed by atoms with van der Waals surface area (Å²) in [6.07, 6.45) is 23.2. The van der Waals surface area contributed by atoms with E-state index in [1.54, 1.807) is 0 Å². The van der Waals surface area contributed by atoms with Crippen LogP contribution in [-0.2, 0) is 4.79 Å². The van der Waals surface area contributed by atoms with E-state index in [0.717, 1.165) is 18.3 Å². The van der Waals surface area contributed by atoms with Crippen molar-refractivity contribution in [3.63, 3.8) is 0 Å². The summed E-state index contributed by atoms with van der Waals surface area (Å²) in [4.78, 5) is 10.5. The number of carboxylic acid groups (broad SMARTS) is 1. The van der Waals surface area contributed by atoms with Gasteiger partial charge in [-0.05, 0) is 50.4 Å². The lowest BCUT2D eigenvalue weighted by Crippen LogP contribution is -2.03. The van der Waals surface area contributed by atoms with Crippen molar-refractivity contribution in [2.75, 3.05) is 0 Å². The highest BCUT2D eigenvalue weighted by Gasteiger charge is 2.23. The second-order valence-corrected chi connectivity index (χ2v) is 6.63. The minimum absolute atomic E-state index is 0.253. The number of unbranched alkanes of at least 4 members (excludes halogenated alkanes) is 5. The third-order valence-electron chi connectivity index (χ3n) is 4.71. The maximum Gasteiger partial charge on any atom is 0.303 e. The van der Waals surface area contributed by atoms with E-state index >= 15 is 0 Å². The standard InChI is InChI=1S/C20H34O2/c1-2-3-4-5-6-7-9-13-18-15-12-16-19(18)14-10-8-11-17-20(21)22/h8-10,13,18-19H,2-7,11-12,14-17H2,1H3,(H,21,22)/b10-8-,13-9+/t18-,19-/m0/s1. The molecule has 2 atom stereocenters. The van der Waals surface area contributed by atoms with E-state index in [1.165, 1.54) is 57.8 Å². The topological polar surface area (TPSA) is 37.3 Å². The van der Waals surface area contributed by atoms with Crippen molar-refractivity contribution < 1.29 is 9.90 Å². The summed E-state index contributed by atoms with van der Waals surface area (Å²) in [5.41, 5.74) is 0. The molecule has 0 aliphatic heterocycles. The van der Waals surface area contributed by atoms with Gasteiger partial charge in [0.2, 0.25) is 0 Å². The molecular formula is C20H34O2. The molecule has 1 saturated carbocycles. The normalized spacial score (nSPS) is 22.0. The highest BCUT2D eigenvalue weighted by atomic mass is 16.4. The van der Waals surface area contributed by atoms with Gasteiger partial charge in [-0.2, -0.15) is 0 Å². The number of hydrogen-bond acceptors (Lipinski definition) is 1. The molecule has 0 bridgehead atoms. The van der Waals surface area contributed by atoms with Gasteiger partial charge in [0.1, 0.15) is 0 Å². The first kappa shape index (κ1) is 19.0. The molecule has 0 aromatic carbocycles. The Labute approximate surface area is 136 Å². The number of rotatable bonds is 12. The summed E-state index contributed by atoms with van der Waals surface area (Å²) in [5.74, 6) is 0.822. The maximum absolute atomic E-state index is 10.5. The van der Waals surface area contributed by atoms with Crippen LogP contribution in [0.4, 0.5) is 0 Å². The van der Waals surface area contributed by atoms with Crippen LogP contribution in [0.2, 0.25) is 0 Å². The number of hydrogen-bond donors (Lipinski definition) is 1. The molecule has 2 heteroatoms. The zero-order chi connectivity index (χ0) is 16.0. The van der Waals surface area contributed by atoms with Crippen molar-refractivity contribution in [1.82, 2.24) is 0 Å². The molecule has 1 aliphatic carbocycles. The highest BCUT2D eigenvalue weighted by molar-refractivity contribution is 5.66. The van der Waals surface area contributed by atoms with Crippen LogP contribution in [0, 0.1) is 11.8 Å². The number of carbonyl (C=O) groups is 1. The maximum atomic E-state index is 10.5. The molecule has 1 N–H and O–H groups in total. The summed E-state index contributed by atoms with van der Waals surface area (Å²) in [7, 11) is 0. The van der Waals surface area contributed by atoms with Crippen molar-refractivity contribution in [1.29, 1.82) is 0 Å². The fourth-order valence-electron chi connectivity index (χ4n) is 3.34. The van der Waals surface area contributed by atoms with Gasteiger partial charge in [0.25, 0.3) is 0 Å². The van der Waals surface area contributed by atoms with Crippen LogP contribution in [0.25, 0.3) is 0 Å². The van der Waals surface area contributed by atoms with E-state index in [2.05, 4.69) is 25.2 Å². The molecule has 1 aliphatic rings. The first-order valence-corrected chi connectivity index (χ1v) is 9.27. The fraction of sp³-hybridized carbons (Fsp3) is 0.750. The molecule has 1 rings (SSSR count). The Hall–Kier alpha value is -1.05. The Morgan fingerprint density at radius 1 is 1.05 bits per heavy atom. The van der Waals surface area contributed by atoms with Crippen LogP contribution in [0.5, 0.6) is 0 Å². The van der Waals surface area contributed by atoms with Crippen LogP contribution < -0.4 is 0 Å². The number of carboxylic acids is 1. The van der Waals surface area contributed by atoms with Gasteiger partial charge in [0.15, 0.2) is 0 Å². The first-order chi connectivity index (χ1) is 10.7. The Bertz CT molecular complexity index is 344. The number of aliphatic carboxylic acids is 1. The van der Waals surface area contributed by atoms with Gasteiger partial charge < -0.3 is 5.11 Å². The first-order valence-electron chi connectivity index (χ1n) is 9.27. The van der Waals surface area contributed by atoms with E-state index in [1.807, 2.05) is 6.08 Å². The smallest absolute Gasteiger partial charge is 0.303 e. The summed E-state index contributed by atoms with van der Waals surface area (Å²) < 4.78 is 0. The lowest BCUT2D eigenvalue weighted by atomic mass is 9.92. The quantitative estimate of drug-likeness (QED) is 0.348. The lowest BCUT2D eigenvalue weighted by Gasteiger charge is -2.14. The van der Waals surface area contributed by atoms with Crippen molar-refractivity contribution in [2.45, 2.75) is 84.0 Å². The molecule has 0 aromatic rings. The molecule has 0 heterocycles. The molecule has 0 saturated heterocycles. The van der Waals surface area contributed by atoms with Gasteiger partial charge in [-0.25, -0.2) is 0 Å². The van der Waals surface area contributed by atoms with Gasteiger partial charge >= 0.3 is 5.97 Å². The van der Waals surface area contributed by atoms with Gasteiger partial charge in [-0.3, -0.25) is 4.79 Å². The second-order valence-electron chi connectivity index (χ2n) is 6.63. The Kier molecular flexibility index (Phi) is 10.8. The minimum Gasteiger partial charge on any atom is -0.481 e. The molecule has 0 amide bonds. The van der Waals surface area contributed by atoms with Crippen LogP contribution in [0.15, 0.2) is 24.3 Å². The molecule has 2 nitrogen and oxygen atoms in total. The SMILES string of the molecule is CCCCCCC/C=C/[C@H]1CCC[C@@H]1C/C=C\CCC(=O)O. The Balaban J connectivity index is 2.15. The Morgan fingerprint density at radius 3 is 2.64 bits per heavy atom. The summed E-state index contributed by atoms with van der Waals surface area (Å²) in [6, 6.07) is 0. The summed E-state index contributed by atoms with van der Waals surface area (Å²) in [6.45, 7) is 2.26. The zero-order valence-electron chi connectivity index (χ0n) is 14.3. The summed E-state index contributed by atoms with van der Waals surface area (Å²) >= 11 is 0. The lowest BCUT2D eigenvalue weighted by molar-refractivity contribution is -0.136. The molecule has 126 valence electrons. The average molecular weight is 306 g/mol. The molecule has 22 heavy (non-hydrogen) atoms. The van der Waals surface area contributed by atoms with E-state index in [9.17, 15) is 4.79 Å². The van der Waals surface area contributed by atoms with Gasteiger partial charge in [0.05, 0.1) is 0 Å². The molecule has 0 unspecified atom stereocenters. The largest absolute Gasteiger partial charge is 0.481 e. The van der Waals surface area contributed by atoms with Gasteiger partial charge in [0, 0.05) is 6.42 Å². The van der Waals surface area contributed by atoms with Crippen molar-refractivity contribution in [3.8, 4) is 0 Å². The van der Waals surface area contributed by atoms with E-state index < -0.39 is 5.97 Å². The molecule has 0 aromatic heterocycles. The monoisotopic (exact) mass is 306 g/mol. The number of allylic oxidation sites excluding steroid dienone is 4. The Morgan fingerprint density at radius 2 is 1.86 bits per heavy atom. The van der Waals surface area contributed by atoms with Crippen molar-refractivity contribution in [2.24, 2.45) is 11.8 Å². The predicted molar refractivity (Wildman–Crippen MR) is 94.0 cm³/mol. The second kappa shape index (κ2) is 12.5.